The minimum absolute atomic E-state index is 0.0677. The van der Waals surface area contributed by atoms with Crippen molar-refractivity contribution in [3.05, 3.63) is 65.0 Å². The smallest absolute Gasteiger partial charge is 0.329 e. The quantitative estimate of drug-likeness (QED) is 0.152. The van der Waals surface area contributed by atoms with Crippen LogP contribution in [0.2, 0.25) is 0 Å². The Bertz CT molecular complexity index is 2430. The molecule has 1 unspecified atom stereocenters. The molecule has 0 spiro atoms. The van der Waals surface area contributed by atoms with Crippen LogP contribution in [0.5, 0.6) is 5.75 Å². The first-order valence-corrected chi connectivity index (χ1v) is 26.7. The number of hydrogen-bond acceptors (Lipinski definition) is 13. The molecule has 0 radical (unpaired) electrons. The number of carbonyl (C=O) groups is 8. The number of benzene rings is 2. The molecule has 406 valence electrons. The Labute approximate surface area is 439 Å². The van der Waals surface area contributed by atoms with Crippen LogP contribution in [0.3, 0.4) is 0 Å². The van der Waals surface area contributed by atoms with Crippen LogP contribution in [-0.4, -0.2) is 150 Å². The third-order valence-electron chi connectivity index (χ3n) is 14.1. The maximum atomic E-state index is 14.9. The van der Waals surface area contributed by atoms with Crippen LogP contribution in [0.15, 0.2) is 54.6 Å². The molecule has 5 rings (SSSR count). The van der Waals surface area contributed by atoms with Gasteiger partial charge in [0, 0.05) is 31.8 Å². The molecule has 2 aromatic carbocycles. The van der Waals surface area contributed by atoms with Crippen LogP contribution in [0.1, 0.15) is 116 Å². The second kappa shape index (κ2) is 26.4. The molecule has 18 nitrogen and oxygen atoms in total. The van der Waals surface area contributed by atoms with Gasteiger partial charge in [0.2, 0.25) is 23.6 Å². The molecule has 0 saturated carbocycles. The zero-order valence-electron chi connectivity index (χ0n) is 45.0. The SMILES string of the molecule is CC[C@H](C)[C@H]1NC(=O)[C@@H](NC(=O)[C@@H](CC(C)C)N(C)C(=O)c2cc3ccccc3s2)[C@@H](C)OC(=O)[C@H](Cc2ccc(OC)cc2)N(C)C(=O)[C@@H]2CCCN2C(=O)[C@H](CC(C)C)NC(=O)C(C(C)C)OC(=O)C[C@@H]1O. The van der Waals surface area contributed by atoms with Gasteiger partial charge in [0.25, 0.3) is 11.8 Å². The summed E-state index contributed by atoms with van der Waals surface area (Å²) >= 11 is 1.29. The molecule has 74 heavy (non-hydrogen) atoms. The highest BCUT2D eigenvalue weighted by molar-refractivity contribution is 7.20. The van der Waals surface area contributed by atoms with Gasteiger partial charge in [0.1, 0.15) is 42.1 Å². The molecular weight excluding hydrogens is 969 g/mol. The van der Waals surface area contributed by atoms with Crippen LogP contribution < -0.4 is 20.7 Å². The minimum Gasteiger partial charge on any atom is -0.497 e. The zero-order valence-corrected chi connectivity index (χ0v) is 45.9. The average Bonchev–Trinajstić information content (AvgIpc) is 4.03. The number of ether oxygens (including phenoxy) is 3. The summed E-state index contributed by atoms with van der Waals surface area (Å²) in [6.45, 7) is 16.1. The normalized spacial score (nSPS) is 24.9. The molecule has 19 heteroatoms. The fourth-order valence-corrected chi connectivity index (χ4v) is 10.6. The van der Waals surface area contributed by atoms with Gasteiger partial charge in [-0.05, 0) is 91.5 Å². The van der Waals surface area contributed by atoms with Gasteiger partial charge in [-0.2, -0.15) is 0 Å². The molecule has 4 N–H and O–H groups in total. The summed E-state index contributed by atoms with van der Waals surface area (Å²) in [5, 5.41) is 21.1. The highest BCUT2D eigenvalue weighted by Gasteiger charge is 2.44. The van der Waals surface area contributed by atoms with Gasteiger partial charge in [-0.25, -0.2) is 4.79 Å². The number of carbonyl (C=O) groups excluding carboxylic acids is 8. The van der Waals surface area contributed by atoms with Crippen molar-refractivity contribution in [2.75, 3.05) is 27.7 Å². The Hall–Kier alpha value is -6.08. The number of rotatable bonds is 14. The molecule has 2 aliphatic heterocycles. The monoisotopic (exact) mass is 1050 g/mol. The van der Waals surface area contributed by atoms with Crippen molar-refractivity contribution in [2.24, 2.45) is 23.7 Å². The number of likely N-dealkylation sites (N-methyl/N-ethyl adjacent to an activating group) is 2. The standard InChI is InChI=1S/C55H78N6O12S/c1-13-33(8)46-42(62)29-45(63)73-48(32(6)7)51(66)56-38(25-30(2)3)52(67)61-24-16-18-39(61)53(68)60(11)41(27-35-20-22-37(71-12)23-21-35)55(70)72-34(9)47(50(65)57-46)58-49(64)40(26-31(4)5)59(10)54(69)44-28-36-17-14-15-19-43(36)74-44/h14-15,17,19-23,28,30-34,38-42,46-48,62H,13,16,18,24-27,29H2,1-12H3,(H,56,66)(H,57,65)(H,58,64)/t33-,34+,38-,39-,40+,41-,42-,46+,47-,48?/m0/s1. The molecule has 3 heterocycles. The maximum Gasteiger partial charge on any atom is 0.329 e. The van der Waals surface area contributed by atoms with Crippen LogP contribution in [0.25, 0.3) is 10.1 Å². The topological polar surface area (TPSA) is 230 Å². The Morgan fingerprint density at radius 3 is 2.20 bits per heavy atom. The van der Waals surface area contributed by atoms with Gasteiger partial charge in [-0.15, -0.1) is 11.3 Å². The lowest BCUT2D eigenvalue weighted by Gasteiger charge is -2.36. The fourth-order valence-electron chi connectivity index (χ4n) is 9.56. The van der Waals surface area contributed by atoms with Crippen molar-refractivity contribution < 1.29 is 57.7 Å². The first kappa shape index (κ1) is 58.8. The summed E-state index contributed by atoms with van der Waals surface area (Å²) in [7, 11) is 4.47. The lowest BCUT2D eigenvalue weighted by atomic mass is 9.92. The summed E-state index contributed by atoms with van der Waals surface area (Å²) in [6, 6.07) is 8.78. The van der Waals surface area contributed by atoms with Crippen molar-refractivity contribution in [3.63, 3.8) is 0 Å². The number of nitrogens with zero attached hydrogens (tertiary/aromatic N) is 3. The van der Waals surface area contributed by atoms with E-state index in [0.29, 0.717) is 29.0 Å². The van der Waals surface area contributed by atoms with Gasteiger partial charge >= 0.3 is 11.9 Å². The van der Waals surface area contributed by atoms with E-state index in [4.69, 9.17) is 14.2 Å². The van der Waals surface area contributed by atoms with E-state index < -0.39 is 120 Å². The van der Waals surface area contributed by atoms with E-state index in [1.54, 1.807) is 51.1 Å². The number of hydrogen-bond donors (Lipinski definition) is 4. The van der Waals surface area contributed by atoms with E-state index in [1.807, 2.05) is 58.9 Å². The summed E-state index contributed by atoms with van der Waals surface area (Å²) in [4.78, 5) is 120. The third kappa shape index (κ3) is 14.8. The number of nitrogens with one attached hydrogen (secondary N) is 3. The van der Waals surface area contributed by atoms with Gasteiger partial charge < -0.3 is 50.0 Å². The predicted octanol–water partition coefficient (Wildman–Crippen LogP) is 5.27. The lowest BCUT2D eigenvalue weighted by molar-refractivity contribution is -0.162. The van der Waals surface area contributed by atoms with Gasteiger partial charge in [-0.3, -0.25) is 33.6 Å². The van der Waals surface area contributed by atoms with Crippen molar-refractivity contribution in [2.45, 2.75) is 162 Å². The lowest BCUT2D eigenvalue weighted by Crippen LogP contribution is -2.61. The number of fused-ring (bicyclic) bond motifs is 2. The Morgan fingerprint density at radius 2 is 1.59 bits per heavy atom. The predicted molar refractivity (Wildman–Crippen MR) is 281 cm³/mol. The second-order valence-corrected chi connectivity index (χ2v) is 22.2. The number of thiophene rings is 1. The average molecular weight is 1050 g/mol. The number of amides is 6. The second-order valence-electron chi connectivity index (χ2n) is 21.1. The van der Waals surface area contributed by atoms with Crippen molar-refractivity contribution >= 4 is 68.8 Å². The van der Waals surface area contributed by atoms with Crippen molar-refractivity contribution in [1.29, 1.82) is 0 Å². The number of esters is 2. The minimum atomic E-state index is -1.66. The van der Waals surface area contributed by atoms with E-state index in [0.717, 1.165) is 10.1 Å². The van der Waals surface area contributed by atoms with E-state index in [9.17, 15) is 43.5 Å². The number of methoxy groups -OCH3 is 1. The van der Waals surface area contributed by atoms with Crippen LogP contribution >= 0.6 is 11.3 Å². The summed E-state index contributed by atoms with van der Waals surface area (Å²) < 4.78 is 18.2. The van der Waals surface area contributed by atoms with E-state index in [1.165, 1.54) is 54.2 Å². The van der Waals surface area contributed by atoms with E-state index >= 15 is 0 Å². The molecule has 3 aromatic rings. The highest BCUT2D eigenvalue weighted by Crippen LogP contribution is 2.29. The number of cyclic esters (lactones) is 2. The summed E-state index contributed by atoms with van der Waals surface area (Å²) in [6.07, 6.45) is -3.62. The molecule has 6 amide bonds. The molecule has 1 aromatic heterocycles. The fraction of sp³-hybridized carbons (Fsp3) is 0.600. The number of aliphatic hydroxyl groups excluding tert-OH is 1. The van der Waals surface area contributed by atoms with Crippen molar-refractivity contribution in [1.82, 2.24) is 30.7 Å². The van der Waals surface area contributed by atoms with E-state index in [-0.39, 0.29) is 44.1 Å². The highest BCUT2D eigenvalue weighted by atomic mass is 32.1. The zero-order chi connectivity index (χ0) is 54.7. The largest absolute Gasteiger partial charge is 0.497 e. The van der Waals surface area contributed by atoms with Crippen LogP contribution in [-0.2, 0) is 49.5 Å². The third-order valence-corrected chi connectivity index (χ3v) is 15.2. The van der Waals surface area contributed by atoms with Crippen molar-refractivity contribution in [3.8, 4) is 5.75 Å². The Morgan fingerprint density at radius 1 is 0.919 bits per heavy atom. The first-order chi connectivity index (χ1) is 34.9. The molecule has 0 aliphatic carbocycles. The van der Waals surface area contributed by atoms with Crippen LogP contribution in [0.4, 0.5) is 0 Å². The van der Waals surface area contributed by atoms with E-state index in [2.05, 4.69) is 16.0 Å². The molecule has 0 bridgehead atoms. The first-order valence-electron chi connectivity index (χ1n) is 25.9. The maximum absolute atomic E-state index is 14.9. The van der Waals surface area contributed by atoms with Gasteiger partial charge in [-0.1, -0.05) is 92.1 Å². The van der Waals surface area contributed by atoms with Gasteiger partial charge in [0.15, 0.2) is 6.10 Å². The molecule has 2 aliphatic rings. The summed E-state index contributed by atoms with van der Waals surface area (Å²) in [5.74, 6) is -6.41. The number of aliphatic hydroxyl groups is 1. The Kier molecular flexibility index (Phi) is 21.0. The molecular formula is C55H78N6O12S. The molecule has 10 atom stereocenters. The van der Waals surface area contributed by atoms with Gasteiger partial charge in [0.05, 0.1) is 30.6 Å². The Balaban J connectivity index is 1.60. The molecule has 2 fully saturated rings. The molecule has 2 saturated heterocycles. The van der Waals surface area contributed by atoms with Crippen LogP contribution in [0, 0.1) is 23.7 Å². The summed E-state index contributed by atoms with van der Waals surface area (Å²) in [5.41, 5.74) is 0.622.